The van der Waals surface area contributed by atoms with E-state index in [2.05, 4.69) is 46.3 Å². The molecule has 0 spiro atoms. The second kappa shape index (κ2) is 8.37. The van der Waals surface area contributed by atoms with E-state index in [0.29, 0.717) is 11.4 Å². The third-order valence-electron chi connectivity index (χ3n) is 4.59. The Morgan fingerprint density at radius 2 is 1.84 bits per heavy atom. The Balaban J connectivity index is 1.43. The fourth-order valence-electron chi connectivity index (χ4n) is 3.18. The van der Waals surface area contributed by atoms with Gasteiger partial charge in [-0.2, -0.15) is 0 Å². The summed E-state index contributed by atoms with van der Waals surface area (Å²) in [6, 6.07) is 15.8. The Morgan fingerprint density at radius 1 is 1.08 bits per heavy atom. The summed E-state index contributed by atoms with van der Waals surface area (Å²) in [7, 11) is 0. The standard InChI is InChI=1S/C20H24ClN3O/c1-16-5-2-3-8-19(16)24-13-11-23(12-14-24)10-9-20(25)22-18-7-4-6-17(21)15-18/h2-8,15H,9-14H2,1H3,(H,22,25). The first-order valence-corrected chi connectivity index (χ1v) is 9.08. The van der Waals surface area contributed by atoms with Crippen LogP contribution >= 0.6 is 11.6 Å². The van der Waals surface area contributed by atoms with E-state index < -0.39 is 0 Å². The molecule has 0 atom stereocenters. The zero-order valence-corrected chi connectivity index (χ0v) is 15.3. The predicted molar refractivity (Wildman–Crippen MR) is 105 cm³/mol. The van der Waals surface area contributed by atoms with Gasteiger partial charge in [-0.3, -0.25) is 9.69 Å². The molecule has 4 nitrogen and oxygen atoms in total. The van der Waals surface area contributed by atoms with Crippen LogP contribution in [0.5, 0.6) is 0 Å². The van der Waals surface area contributed by atoms with Gasteiger partial charge in [0, 0.05) is 55.5 Å². The highest BCUT2D eigenvalue weighted by molar-refractivity contribution is 6.30. The molecule has 1 aliphatic heterocycles. The van der Waals surface area contributed by atoms with Crippen LogP contribution in [0.2, 0.25) is 5.02 Å². The normalized spacial score (nSPS) is 15.2. The molecule has 2 aromatic carbocycles. The number of aryl methyl sites for hydroxylation is 1. The van der Waals surface area contributed by atoms with Crippen LogP contribution in [-0.2, 0) is 4.79 Å². The Morgan fingerprint density at radius 3 is 2.56 bits per heavy atom. The molecule has 132 valence electrons. The number of hydrogen-bond acceptors (Lipinski definition) is 3. The maximum Gasteiger partial charge on any atom is 0.225 e. The quantitative estimate of drug-likeness (QED) is 0.884. The van der Waals surface area contributed by atoms with Crippen LogP contribution in [0.25, 0.3) is 0 Å². The molecule has 25 heavy (non-hydrogen) atoms. The lowest BCUT2D eigenvalue weighted by Gasteiger charge is -2.36. The SMILES string of the molecule is Cc1ccccc1N1CCN(CCC(=O)Nc2cccc(Cl)c2)CC1. The van der Waals surface area contributed by atoms with Crippen molar-refractivity contribution in [2.75, 3.05) is 42.9 Å². The monoisotopic (exact) mass is 357 g/mol. The lowest BCUT2D eigenvalue weighted by molar-refractivity contribution is -0.116. The van der Waals surface area contributed by atoms with E-state index in [4.69, 9.17) is 11.6 Å². The molecule has 2 aromatic rings. The largest absolute Gasteiger partial charge is 0.369 e. The molecule has 5 heteroatoms. The van der Waals surface area contributed by atoms with Crippen molar-refractivity contribution in [2.24, 2.45) is 0 Å². The zero-order chi connectivity index (χ0) is 17.6. The number of benzene rings is 2. The fraction of sp³-hybridized carbons (Fsp3) is 0.350. The van der Waals surface area contributed by atoms with Crippen LogP contribution in [0.15, 0.2) is 48.5 Å². The second-order valence-corrected chi connectivity index (χ2v) is 6.86. The summed E-state index contributed by atoms with van der Waals surface area (Å²) < 4.78 is 0. The Labute approximate surface area is 154 Å². The highest BCUT2D eigenvalue weighted by atomic mass is 35.5. The molecule has 1 amide bonds. The minimum Gasteiger partial charge on any atom is -0.369 e. The van der Waals surface area contributed by atoms with Crippen molar-refractivity contribution in [3.8, 4) is 0 Å². The summed E-state index contributed by atoms with van der Waals surface area (Å²) >= 11 is 5.94. The number of para-hydroxylation sites is 1. The van der Waals surface area contributed by atoms with E-state index in [1.54, 1.807) is 12.1 Å². The summed E-state index contributed by atoms with van der Waals surface area (Å²) in [5, 5.41) is 3.53. The van der Waals surface area contributed by atoms with Crippen LogP contribution in [0, 0.1) is 6.92 Å². The molecule has 1 aliphatic rings. The Kier molecular flexibility index (Phi) is 5.95. The number of carbonyl (C=O) groups excluding carboxylic acids is 1. The summed E-state index contributed by atoms with van der Waals surface area (Å²) in [5.41, 5.74) is 3.39. The number of piperazine rings is 1. The van der Waals surface area contributed by atoms with Crippen LogP contribution < -0.4 is 10.2 Å². The molecule has 1 N–H and O–H groups in total. The number of anilines is 2. The number of carbonyl (C=O) groups is 1. The lowest BCUT2D eigenvalue weighted by atomic mass is 10.1. The number of hydrogen-bond donors (Lipinski definition) is 1. The van der Waals surface area contributed by atoms with Gasteiger partial charge in [0.25, 0.3) is 0 Å². The van der Waals surface area contributed by atoms with Gasteiger partial charge in [0.15, 0.2) is 0 Å². The van der Waals surface area contributed by atoms with Crippen molar-refractivity contribution >= 4 is 28.9 Å². The van der Waals surface area contributed by atoms with Gasteiger partial charge in [0.2, 0.25) is 5.91 Å². The van der Waals surface area contributed by atoms with Crippen molar-refractivity contribution in [1.82, 2.24) is 4.90 Å². The predicted octanol–water partition coefficient (Wildman–Crippen LogP) is 3.80. The maximum atomic E-state index is 12.1. The first kappa shape index (κ1) is 17.8. The Bertz CT molecular complexity index is 726. The van der Waals surface area contributed by atoms with Crippen molar-refractivity contribution in [2.45, 2.75) is 13.3 Å². The number of nitrogens with zero attached hydrogens (tertiary/aromatic N) is 2. The molecule has 0 bridgehead atoms. The second-order valence-electron chi connectivity index (χ2n) is 6.42. The van der Waals surface area contributed by atoms with Gasteiger partial charge in [-0.25, -0.2) is 0 Å². The fourth-order valence-corrected chi connectivity index (χ4v) is 3.37. The van der Waals surface area contributed by atoms with Gasteiger partial charge < -0.3 is 10.2 Å². The van der Waals surface area contributed by atoms with Gasteiger partial charge in [0.1, 0.15) is 0 Å². The topological polar surface area (TPSA) is 35.6 Å². The average Bonchev–Trinajstić information content (AvgIpc) is 2.61. The Hall–Kier alpha value is -2.04. The summed E-state index contributed by atoms with van der Waals surface area (Å²) in [5.74, 6) is 0.0311. The number of rotatable bonds is 5. The molecule has 0 aromatic heterocycles. The number of nitrogens with one attached hydrogen (secondary N) is 1. The van der Waals surface area contributed by atoms with Crippen LogP contribution in [0.1, 0.15) is 12.0 Å². The molecule has 1 heterocycles. The third-order valence-corrected chi connectivity index (χ3v) is 4.83. The summed E-state index contributed by atoms with van der Waals surface area (Å²) in [4.78, 5) is 16.9. The van der Waals surface area contributed by atoms with Gasteiger partial charge in [-0.05, 0) is 36.8 Å². The molecule has 1 fully saturated rings. The van der Waals surface area contributed by atoms with Crippen molar-refractivity contribution in [3.05, 3.63) is 59.1 Å². The highest BCUT2D eigenvalue weighted by Crippen LogP contribution is 2.21. The third kappa shape index (κ3) is 4.97. The van der Waals surface area contributed by atoms with Crippen molar-refractivity contribution in [1.29, 1.82) is 0 Å². The van der Waals surface area contributed by atoms with E-state index in [1.807, 2.05) is 12.1 Å². The first-order valence-electron chi connectivity index (χ1n) is 8.70. The molecule has 3 rings (SSSR count). The molecule has 0 unspecified atom stereocenters. The molecule has 1 saturated heterocycles. The van der Waals surface area contributed by atoms with E-state index >= 15 is 0 Å². The zero-order valence-electron chi connectivity index (χ0n) is 14.5. The van der Waals surface area contributed by atoms with E-state index in [0.717, 1.165) is 38.4 Å². The minimum atomic E-state index is 0.0311. The summed E-state index contributed by atoms with van der Waals surface area (Å²) in [6.07, 6.45) is 0.497. The number of halogens is 1. The van der Waals surface area contributed by atoms with E-state index in [9.17, 15) is 4.79 Å². The van der Waals surface area contributed by atoms with Crippen LogP contribution in [-0.4, -0.2) is 43.5 Å². The maximum absolute atomic E-state index is 12.1. The van der Waals surface area contributed by atoms with E-state index in [1.165, 1.54) is 11.3 Å². The molecule has 0 saturated carbocycles. The van der Waals surface area contributed by atoms with Crippen LogP contribution in [0.4, 0.5) is 11.4 Å². The average molecular weight is 358 g/mol. The van der Waals surface area contributed by atoms with Crippen LogP contribution in [0.3, 0.4) is 0 Å². The smallest absolute Gasteiger partial charge is 0.225 e. The highest BCUT2D eigenvalue weighted by Gasteiger charge is 2.18. The van der Waals surface area contributed by atoms with Gasteiger partial charge >= 0.3 is 0 Å². The number of amides is 1. The molecule has 0 radical (unpaired) electrons. The van der Waals surface area contributed by atoms with Crippen molar-refractivity contribution in [3.63, 3.8) is 0 Å². The van der Waals surface area contributed by atoms with E-state index in [-0.39, 0.29) is 5.91 Å². The minimum absolute atomic E-state index is 0.0311. The first-order chi connectivity index (χ1) is 12.1. The molecular formula is C20H24ClN3O. The van der Waals surface area contributed by atoms with Gasteiger partial charge in [-0.15, -0.1) is 0 Å². The van der Waals surface area contributed by atoms with Gasteiger partial charge in [0.05, 0.1) is 0 Å². The molecular weight excluding hydrogens is 334 g/mol. The lowest BCUT2D eigenvalue weighted by Crippen LogP contribution is -2.47. The van der Waals surface area contributed by atoms with Crippen molar-refractivity contribution < 1.29 is 4.79 Å². The summed E-state index contributed by atoms with van der Waals surface area (Å²) in [6.45, 7) is 6.91. The van der Waals surface area contributed by atoms with Gasteiger partial charge in [-0.1, -0.05) is 35.9 Å². The molecule has 0 aliphatic carbocycles.